The van der Waals surface area contributed by atoms with E-state index in [1.807, 2.05) is 14.5 Å². The summed E-state index contributed by atoms with van der Waals surface area (Å²) in [5.74, 6) is -0.00929. The fraction of sp³-hybridized carbons (Fsp3) is 0.600. The predicted molar refractivity (Wildman–Crippen MR) is 148 cm³/mol. The van der Waals surface area contributed by atoms with Gasteiger partial charge in [0.2, 0.25) is 5.91 Å². The Labute approximate surface area is 243 Å². The number of hydrogen-bond donors (Lipinski definition) is 0. The largest absolute Gasteiger partial charge is 0.416 e. The molecular formula is C30H37F3N6O3. The van der Waals surface area contributed by atoms with Crippen LogP contribution in [0.15, 0.2) is 30.5 Å². The highest BCUT2D eigenvalue weighted by molar-refractivity contribution is 5.96. The Kier molecular flexibility index (Phi) is 7.65. The van der Waals surface area contributed by atoms with Crippen molar-refractivity contribution in [1.82, 2.24) is 29.4 Å². The van der Waals surface area contributed by atoms with Crippen molar-refractivity contribution in [2.75, 3.05) is 45.8 Å². The van der Waals surface area contributed by atoms with Crippen LogP contribution in [-0.2, 0) is 11.0 Å². The van der Waals surface area contributed by atoms with Crippen LogP contribution < -0.4 is 0 Å². The third-order valence-corrected chi connectivity index (χ3v) is 9.24. The Morgan fingerprint density at radius 3 is 2.12 bits per heavy atom. The summed E-state index contributed by atoms with van der Waals surface area (Å²) in [4.78, 5) is 45.7. The van der Waals surface area contributed by atoms with Gasteiger partial charge in [0.25, 0.3) is 5.91 Å². The van der Waals surface area contributed by atoms with Gasteiger partial charge in [0.05, 0.1) is 35.1 Å². The first kappa shape index (κ1) is 28.5. The first-order valence-corrected chi connectivity index (χ1v) is 15.0. The van der Waals surface area contributed by atoms with Gasteiger partial charge in [0, 0.05) is 58.7 Å². The fourth-order valence-electron chi connectivity index (χ4n) is 6.84. The van der Waals surface area contributed by atoms with Gasteiger partial charge in [-0.1, -0.05) is 18.2 Å². The molecule has 1 aromatic carbocycles. The first-order chi connectivity index (χ1) is 20.1. The summed E-state index contributed by atoms with van der Waals surface area (Å²) < 4.78 is 43.4. The van der Waals surface area contributed by atoms with Crippen LogP contribution in [0, 0.1) is 0 Å². The molecule has 1 saturated carbocycles. The van der Waals surface area contributed by atoms with Crippen LogP contribution in [0.2, 0.25) is 0 Å². The number of urea groups is 1. The first-order valence-electron chi connectivity index (χ1n) is 15.0. The van der Waals surface area contributed by atoms with Gasteiger partial charge in [0.15, 0.2) is 0 Å². The zero-order chi connectivity index (χ0) is 29.6. The highest BCUT2D eigenvalue weighted by Gasteiger charge is 2.42. The molecular weight excluding hydrogens is 549 g/mol. The van der Waals surface area contributed by atoms with E-state index in [1.165, 1.54) is 12.1 Å². The normalized spacial score (nSPS) is 22.1. The Morgan fingerprint density at radius 1 is 0.833 bits per heavy atom. The number of nitrogens with zero attached hydrogens (tertiary/aromatic N) is 6. The number of piperazine rings is 1. The second-order valence-electron chi connectivity index (χ2n) is 11.9. The monoisotopic (exact) mass is 586 g/mol. The molecule has 9 nitrogen and oxygen atoms in total. The van der Waals surface area contributed by atoms with E-state index < -0.39 is 17.8 Å². The van der Waals surface area contributed by atoms with Crippen LogP contribution in [0.5, 0.6) is 0 Å². The number of amides is 4. The number of halogens is 3. The molecule has 3 saturated heterocycles. The van der Waals surface area contributed by atoms with E-state index in [-0.39, 0.29) is 35.4 Å². The number of aromatic nitrogens is 2. The Hall–Kier alpha value is -3.57. The van der Waals surface area contributed by atoms with Gasteiger partial charge < -0.3 is 19.6 Å². The van der Waals surface area contributed by atoms with Crippen LogP contribution in [0.25, 0.3) is 0 Å². The zero-order valence-electron chi connectivity index (χ0n) is 23.9. The number of hydrogen-bond acceptors (Lipinski definition) is 4. The Bertz CT molecular complexity index is 1340. The number of carbonyl (C=O) groups excluding carboxylic acids is 3. The second kappa shape index (κ2) is 11.3. The molecule has 0 radical (unpaired) electrons. The summed E-state index contributed by atoms with van der Waals surface area (Å²) in [5, 5.41) is 4.67. The van der Waals surface area contributed by atoms with Crippen molar-refractivity contribution < 1.29 is 27.6 Å². The molecule has 0 spiro atoms. The van der Waals surface area contributed by atoms with Crippen molar-refractivity contribution in [1.29, 1.82) is 0 Å². The van der Waals surface area contributed by atoms with Crippen LogP contribution >= 0.6 is 0 Å². The maximum absolute atomic E-state index is 13.9. The average molecular weight is 587 g/mol. The smallest absolute Gasteiger partial charge is 0.339 e. The molecule has 4 aliphatic rings. The maximum Gasteiger partial charge on any atom is 0.416 e. The topological polar surface area (TPSA) is 82.0 Å². The minimum absolute atomic E-state index is 0.00499. The molecule has 0 bridgehead atoms. The van der Waals surface area contributed by atoms with Crippen LogP contribution in [0.1, 0.15) is 90.6 Å². The summed E-state index contributed by atoms with van der Waals surface area (Å²) in [6.07, 6.45) is 1.57. The fourth-order valence-corrected chi connectivity index (χ4v) is 6.84. The quantitative estimate of drug-likeness (QED) is 0.521. The third-order valence-electron chi connectivity index (χ3n) is 9.24. The van der Waals surface area contributed by atoms with E-state index in [1.54, 1.807) is 29.0 Å². The van der Waals surface area contributed by atoms with Gasteiger partial charge in [-0.25, -0.2) is 4.79 Å². The van der Waals surface area contributed by atoms with Gasteiger partial charge in [-0.15, -0.1) is 0 Å². The van der Waals surface area contributed by atoms with Crippen molar-refractivity contribution in [3.8, 4) is 0 Å². The minimum atomic E-state index is -4.49. The van der Waals surface area contributed by atoms with E-state index in [2.05, 4.69) is 5.10 Å². The van der Waals surface area contributed by atoms with Crippen molar-refractivity contribution in [3.05, 3.63) is 52.8 Å². The van der Waals surface area contributed by atoms with Crippen molar-refractivity contribution in [2.45, 2.75) is 69.6 Å². The third kappa shape index (κ3) is 5.47. The van der Waals surface area contributed by atoms with E-state index in [0.29, 0.717) is 77.1 Å². The number of benzene rings is 1. The minimum Gasteiger partial charge on any atom is -0.339 e. The molecule has 4 fully saturated rings. The van der Waals surface area contributed by atoms with Crippen molar-refractivity contribution in [3.63, 3.8) is 0 Å². The van der Waals surface area contributed by atoms with Crippen molar-refractivity contribution in [2.24, 2.45) is 0 Å². The number of piperidine rings is 1. The van der Waals surface area contributed by atoms with E-state index >= 15 is 0 Å². The van der Waals surface area contributed by atoms with E-state index in [9.17, 15) is 27.6 Å². The molecule has 12 heteroatoms. The lowest BCUT2D eigenvalue weighted by atomic mass is 9.97. The summed E-state index contributed by atoms with van der Waals surface area (Å²) in [6.45, 7) is 5.25. The molecule has 2 aromatic rings. The second-order valence-corrected chi connectivity index (χ2v) is 11.9. The maximum atomic E-state index is 13.9. The lowest BCUT2D eigenvalue weighted by Gasteiger charge is -2.39. The number of rotatable bonds is 4. The Balaban J connectivity index is 1.16. The van der Waals surface area contributed by atoms with Gasteiger partial charge >= 0.3 is 12.2 Å². The molecule has 1 aliphatic carbocycles. The molecule has 1 unspecified atom stereocenters. The standard InChI is InChI=1S/C30H37F3N6O3/c1-20(40)35-15-17-37(18-16-35)29(42)36-13-10-22(11-14-36)39-27(21-8-9-21)24(19-34-39)28(41)38-12-4-7-26(38)23-5-2-3-6-25(23)30(31,32)33/h2-3,5-6,19,21-22,26H,4,7-18H2,1H3. The summed E-state index contributed by atoms with van der Waals surface area (Å²) in [6, 6.07) is 4.97. The SMILES string of the molecule is CC(=O)N1CCN(C(=O)N2CCC(n3ncc(C(=O)N4CCCC4c4ccccc4C(F)(F)F)c3C3CC3)CC2)CC1. The Morgan fingerprint density at radius 2 is 1.48 bits per heavy atom. The van der Waals surface area contributed by atoms with Crippen molar-refractivity contribution >= 4 is 17.8 Å². The molecule has 0 N–H and O–H groups in total. The zero-order valence-corrected chi connectivity index (χ0v) is 23.9. The van der Waals surface area contributed by atoms with Gasteiger partial charge in [-0.2, -0.15) is 18.3 Å². The highest BCUT2D eigenvalue weighted by Crippen LogP contribution is 2.45. The molecule has 4 heterocycles. The summed E-state index contributed by atoms with van der Waals surface area (Å²) in [5.41, 5.74) is 0.849. The summed E-state index contributed by atoms with van der Waals surface area (Å²) >= 11 is 0. The highest BCUT2D eigenvalue weighted by atomic mass is 19.4. The number of carbonyl (C=O) groups is 3. The number of likely N-dealkylation sites (tertiary alicyclic amines) is 2. The molecule has 3 aliphatic heterocycles. The average Bonchev–Trinajstić information content (AvgIpc) is 3.53. The molecule has 1 aromatic heterocycles. The van der Waals surface area contributed by atoms with Crippen LogP contribution in [0.3, 0.4) is 0 Å². The lowest BCUT2D eigenvalue weighted by molar-refractivity contribution is -0.138. The van der Waals surface area contributed by atoms with Gasteiger partial charge in [-0.05, 0) is 50.2 Å². The molecule has 4 amide bonds. The van der Waals surface area contributed by atoms with E-state index in [0.717, 1.165) is 24.6 Å². The predicted octanol–water partition coefficient (Wildman–Crippen LogP) is 4.68. The molecule has 226 valence electrons. The van der Waals surface area contributed by atoms with Gasteiger partial charge in [0.1, 0.15) is 0 Å². The molecule has 1 atom stereocenters. The van der Waals surface area contributed by atoms with Crippen LogP contribution in [-0.4, -0.2) is 93.0 Å². The van der Waals surface area contributed by atoms with E-state index in [4.69, 9.17) is 0 Å². The molecule has 6 rings (SSSR count). The van der Waals surface area contributed by atoms with Gasteiger partial charge in [-0.3, -0.25) is 14.3 Å². The molecule has 42 heavy (non-hydrogen) atoms. The van der Waals surface area contributed by atoms with Crippen LogP contribution in [0.4, 0.5) is 18.0 Å². The summed E-state index contributed by atoms with van der Waals surface area (Å²) in [7, 11) is 0. The number of alkyl halides is 3. The lowest BCUT2D eigenvalue weighted by Crippen LogP contribution is -2.54.